The smallest absolute Gasteiger partial charge is 0.338 e. The average Bonchev–Trinajstić information content (AvgIpc) is 3.38. The van der Waals surface area contributed by atoms with Crippen molar-refractivity contribution in [1.82, 2.24) is 4.57 Å². The fraction of sp³-hybridized carbons (Fsp3) is 0.139. The molecule has 0 aliphatic carbocycles. The van der Waals surface area contributed by atoms with E-state index in [1.54, 1.807) is 18.6 Å². The molecular weight excluding hydrogens is 608 g/mol. The Labute approximate surface area is 268 Å². The van der Waals surface area contributed by atoms with E-state index in [0.29, 0.717) is 43.7 Å². The number of thiazole rings is 1. The Kier molecular flexibility index (Phi) is 8.96. The number of carbonyl (C=O) groups excluding carboxylic acids is 1. The lowest BCUT2D eigenvalue weighted by Crippen LogP contribution is -2.40. The van der Waals surface area contributed by atoms with Crippen molar-refractivity contribution in [3.05, 3.63) is 156 Å². The fourth-order valence-corrected chi connectivity index (χ4v) is 6.27. The first-order valence-corrected chi connectivity index (χ1v) is 15.5. The van der Waals surface area contributed by atoms with Crippen LogP contribution in [0.5, 0.6) is 11.5 Å². The quantitative estimate of drug-likeness (QED) is 0.181. The van der Waals surface area contributed by atoms with Crippen LogP contribution in [0.4, 0.5) is 0 Å². The number of carbonyl (C=O) groups is 1. The maximum atomic E-state index is 14.2. The molecule has 7 nitrogen and oxygen atoms in total. The van der Waals surface area contributed by atoms with Crippen molar-refractivity contribution < 1.29 is 19.0 Å². The van der Waals surface area contributed by atoms with Crippen LogP contribution in [0.2, 0.25) is 5.02 Å². The Bertz CT molecular complexity index is 2050. The van der Waals surface area contributed by atoms with Crippen molar-refractivity contribution in [1.29, 1.82) is 0 Å². The number of esters is 1. The van der Waals surface area contributed by atoms with Gasteiger partial charge in [0.2, 0.25) is 0 Å². The van der Waals surface area contributed by atoms with Gasteiger partial charge in [-0.15, -0.1) is 0 Å². The Balaban J connectivity index is 1.51. The number of hydrogen-bond donors (Lipinski definition) is 0. The predicted molar refractivity (Wildman–Crippen MR) is 176 cm³/mol. The summed E-state index contributed by atoms with van der Waals surface area (Å²) in [4.78, 5) is 33.3. The number of hydrogen-bond acceptors (Lipinski definition) is 7. The van der Waals surface area contributed by atoms with E-state index < -0.39 is 12.0 Å². The van der Waals surface area contributed by atoms with Crippen molar-refractivity contribution in [2.24, 2.45) is 4.99 Å². The normalized spacial score (nSPS) is 14.5. The second-order valence-corrected chi connectivity index (χ2v) is 11.6. The van der Waals surface area contributed by atoms with Gasteiger partial charge in [-0.3, -0.25) is 9.36 Å². The van der Waals surface area contributed by atoms with E-state index in [0.717, 1.165) is 22.3 Å². The summed E-state index contributed by atoms with van der Waals surface area (Å²) in [6.07, 6.45) is 1.81. The SMILES string of the molecule is CCOC(=O)C1=C(c2ccccc2)N=c2s/c(=C/c3ccccc3OCc3ccc(Cl)cc3)c(=O)n2[C@H]1c1ccc(OC)cc1. The highest BCUT2D eigenvalue weighted by molar-refractivity contribution is 7.07. The zero-order chi connectivity index (χ0) is 31.3. The summed E-state index contributed by atoms with van der Waals surface area (Å²) in [6.45, 7) is 2.27. The highest BCUT2D eigenvalue weighted by Gasteiger charge is 2.35. The molecular formula is C36H29ClN2O5S. The van der Waals surface area contributed by atoms with Gasteiger partial charge >= 0.3 is 5.97 Å². The standard InChI is InChI=1S/C36H29ClN2O5S/c1-3-43-35(41)31-32(24-9-5-4-6-10-24)38-36-39(33(31)25-15-19-28(42-2)20-16-25)34(40)30(45-36)21-26-11-7-8-12-29(26)44-22-23-13-17-27(37)18-14-23/h4-21,33H,3,22H2,1-2H3/b30-21+/t33-/m0/s1. The molecule has 1 aliphatic rings. The molecule has 45 heavy (non-hydrogen) atoms. The van der Waals surface area contributed by atoms with E-state index in [9.17, 15) is 9.59 Å². The van der Waals surface area contributed by atoms with Gasteiger partial charge in [-0.2, -0.15) is 0 Å². The Hall–Kier alpha value is -4.92. The van der Waals surface area contributed by atoms with Crippen molar-refractivity contribution in [3.63, 3.8) is 0 Å². The van der Waals surface area contributed by atoms with Crippen LogP contribution < -0.4 is 24.4 Å². The van der Waals surface area contributed by atoms with Gasteiger partial charge in [0, 0.05) is 16.1 Å². The van der Waals surface area contributed by atoms with Crippen LogP contribution in [0.1, 0.15) is 35.2 Å². The summed E-state index contributed by atoms with van der Waals surface area (Å²) < 4.78 is 19.1. The predicted octanol–water partition coefficient (Wildman–Crippen LogP) is 6.18. The molecule has 0 spiro atoms. The number of ether oxygens (including phenoxy) is 3. The summed E-state index contributed by atoms with van der Waals surface area (Å²) in [5.74, 6) is 0.754. The Morgan fingerprint density at radius 3 is 2.38 bits per heavy atom. The summed E-state index contributed by atoms with van der Waals surface area (Å²) in [7, 11) is 1.59. The minimum Gasteiger partial charge on any atom is -0.497 e. The zero-order valence-electron chi connectivity index (χ0n) is 24.6. The molecule has 226 valence electrons. The van der Waals surface area contributed by atoms with Crippen LogP contribution in [-0.2, 0) is 16.1 Å². The molecule has 0 saturated carbocycles. The van der Waals surface area contributed by atoms with E-state index in [2.05, 4.69) is 0 Å². The molecule has 0 amide bonds. The van der Waals surface area contributed by atoms with Crippen molar-refractivity contribution in [2.75, 3.05) is 13.7 Å². The van der Waals surface area contributed by atoms with Gasteiger partial charge < -0.3 is 14.2 Å². The van der Waals surface area contributed by atoms with E-state index in [1.165, 1.54) is 11.3 Å². The zero-order valence-corrected chi connectivity index (χ0v) is 26.2. The third kappa shape index (κ3) is 6.34. The number of halogens is 1. The number of para-hydroxylation sites is 1. The van der Waals surface area contributed by atoms with Crippen LogP contribution in [0.3, 0.4) is 0 Å². The lowest BCUT2D eigenvalue weighted by Gasteiger charge is -2.26. The Morgan fingerprint density at radius 2 is 1.67 bits per heavy atom. The summed E-state index contributed by atoms with van der Waals surface area (Å²) >= 11 is 7.29. The summed E-state index contributed by atoms with van der Waals surface area (Å²) in [5, 5.41) is 0.656. The maximum absolute atomic E-state index is 14.2. The molecule has 0 fully saturated rings. The van der Waals surface area contributed by atoms with Crippen molar-refractivity contribution in [3.8, 4) is 11.5 Å². The molecule has 4 aromatic carbocycles. The molecule has 0 bridgehead atoms. The van der Waals surface area contributed by atoms with Gasteiger partial charge in [0.1, 0.15) is 18.1 Å². The third-order valence-electron chi connectivity index (χ3n) is 7.32. The number of nitrogens with zero attached hydrogens (tertiary/aromatic N) is 2. The van der Waals surface area contributed by atoms with Gasteiger partial charge in [-0.1, -0.05) is 95.7 Å². The van der Waals surface area contributed by atoms with E-state index in [-0.39, 0.29) is 12.2 Å². The van der Waals surface area contributed by atoms with Crippen LogP contribution in [0, 0.1) is 0 Å². The first-order valence-electron chi connectivity index (χ1n) is 14.4. The second kappa shape index (κ2) is 13.4. The van der Waals surface area contributed by atoms with Crippen molar-refractivity contribution in [2.45, 2.75) is 19.6 Å². The third-order valence-corrected chi connectivity index (χ3v) is 8.55. The van der Waals surface area contributed by atoms with E-state index >= 15 is 0 Å². The van der Waals surface area contributed by atoms with Crippen LogP contribution in [-0.4, -0.2) is 24.3 Å². The first-order chi connectivity index (χ1) is 22.0. The maximum Gasteiger partial charge on any atom is 0.338 e. The largest absolute Gasteiger partial charge is 0.497 e. The highest BCUT2D eigenvalue weighted by atomic mass is 35.5. The molecule has 0 unspecified atom stereocenters. The molecule has 1 aromatic heterocycles. The topological polar surface area (TPSA) is 79.1 Å². The lowest BCUT2D eigenvalue weighted by molar-refractivity contribution is -0.138. The molecule has 5 aromatic rings. The van der Waals surface area contributed by atoms with Gasteiger partial charge in [-0.25, -0.2) is 9.79 Å². The van der Waals surface area contributed by atoms with Gasteiger partial charge in [0.25, 0.3) is 5.56 Å². The molecule has 2 heterocycles. The molecule has 1 aliphatic heterocycles. The molecule has 9 heteroatoms. The molecule has 0 radical (unpaired) electrons. The number of aromatic nitrogens is 1. The molecule has 0 N–H and O–H groups in total. The average molecular weight is 637 g/mol. The molecule has 0 saturated heterocycles. The van der Waals surface area contributed by atoms with Gasteiger partial charge in [0.05, 0.1) is 35.6 Å². The van der Waals surface area contributed by atoms with Crippen LogP contribution in [0.15, 0.2) is 118 Å². The van der Waals surface area contributed by atoms with Gasteiger partial charge in [-0.05, 0) is 54.5 Å². The molecule has 6 rings (SSSR count). The summed E-state index contributed by atoms with van der Waals surface area (Å²) in [5.41, 5.74) is 3.66. The summed E-state index contributed by atoms with van der Waals surface area (Å²) in [6, 6.07) is 31.0. The number of benzene rings is 4. The van der Waals surface area contributed by atoms with Crippen LogP contribution in [0.25, 0.3) is 11.8 Å². The monoisotopic (exact) mass is 636 g/mol. The number of methoxy groups -OCH3 is 1. The lowest BCUT2D eigenvalue weighted by atomic mass is 9.93. The fourth-order valence-electron chi connectivity index (χ4n) is 5.16. The van der Waals surface area contributed by atoms with Crippen molar-refractivity contribution >= 4 is 40.7 Å². The van der Waals surface area contributed by atoms with Crippen LogP contribution >= 0.6 is 22.9 Å². The number of fused-ring (bicyclic) bond motifs is 1. The van der Waals surface area contributed by atoms with E-state index in [1.807, 2.05) is 109 Å². The van der Waals surface area contributed by atoms with E-state index in [4.69, 9.17) is 30.8 Å². The number of rotatable bonds is 9. The minimum atomic E-state index is -0.778. The Morgan fingerprint density at radius 1 is 0.956 bits per heavy atom. The highest BCUT2D eigenvalue weighted by Crippen LogP contribution is 2.35. The first kappa shape index (κ1) is 30.1. The second-order valence-electron chi connectivity index (χ2n) is 10.2. The van der Waals surface area contributed by atoms with Gasteiger partial charge in [0.15, 0.2) is 4.80 Å². The minimum absolute atomic E-state index is 0.178. The molecule has 1 atom stereocenters.